The van der Waals surface area contributed by atoms with Crippen LogP contribution in [0.3, 0.4) is 0 Å². The molecule has 0 saturated heterocycles. The maximum Gasteiger partial charge on any atom is 0.236 e. The van der Waals surface area contributed by atoms with Gasteiger partial charge >= 0.3 is 0 Å². The van der Waals surface area contributed by atoms with E-state index in [0.29, 0.717) is 5.95 Å². The molecule has 0 fully saturated rings. The molecule has 0 aliphatic rings. The molecule has 4 aromatic heterocycles. The zero-order chi connectivity index (χ0) is 36.0. The summed E-state index contributed by atoms with van der Waals surface area (Å²) in [4.78, 5) is 11.0. The Morgan fingerprint density at radius 1 is 0.455 bits per heavy atom. The van der Waals surface area contributed by atoms with Crippen LogP contribution in [-0.4, -0.2) is 14.5 Å². The van der Waals surface area contributed by atoms with E-state index in [4.69, 9.17) is 14.4 Å². The zero-order valence-corrected chi connectivity index (χ0v) is 30.2. The maximum atomic E-state index is 6.99. The van der Waals surface area contributed by atoms with E-state index in [1.54, 1.807) is 11.3 Å². The quantitative estimate of drug-likeness (QED) is 0.182. The van der Waals surface area contributed by atoms with Crippen LogP contribution in [0, 0.1) is 0 Å². The van der Waals surface area contributed by atoms with Crippen molar-refractivity contribution in [2.24, 2.45) is 0 Å². The number of furan rings is 1. The van der Waals surface area contributed by atoms with Gasteiger partial charge in [-0.2, -0.15) is 0 Å². The fourth-order valence-electron chi connectivity index (χ4n) is 8.52. The van der Waals surface area contributed by atoms with Gasteiger partial charge in [0.15, 0.2) is 5.58 Å². The third kappa shape index (κ3) is 4.51. The summed E-state index contributed by atoms with van der Waals surface area (Å²) in [5, 5.41) is 7.91. The van der Waals surface area contributed by atoms with Crippen molar-refractivity contribution < 1.29 is 4.42 Å². The van der Waals surface area contributed by atoms with Crippen molar-refractivity contribution >= 4 is 86.2 Å². The molecule has 4 nitrogen and oxygen atoms in total. The lowest BCUT2D eigenvalue weighted by atomic mass is 9.97. The number of hydrogen-bond donors (Lipinski definition) is 0. The number of thiophene rings is 1. The molecule has 0 atom stereocenters. The molecule has 55 heavy (non-hydrogen) atoms. The van der Waals surface area contributed by atoms with Gasteiger partial charge in [-0.3, -0.25) is 4.57 Å². The fraction of sp³-hybridized carbons (Fsp3) is 0. The molecule has 256 valence electrons. The first-order chi connectivity index (χ1) is 27.3. The Labute approximate surface area is 319 Å². The van der Waals surface area contributed by atoms with Crippen LogP contribution in [-0.2, 0) is 0 Å². The fourth-order valence-corrected chi connectivity index (χ4v) is 9.68. The molecule has 4 heterocycles. The normalized spacial score (nSPS) is 12.0. The lowest BCUT2D eigenvalue weighted by Gasteiger charge is -2.11. The third-order valence-corrected chi connectivity index (χ3v) is 12.2. The molecule has 0 N–H and O–H groups in total. The minimum Gasteiger partial charge on any atom is -0.454 e. The highest BCUT2D eigenvalue weighted by Crippen LogP contribution is 2.47. The summed E-state index contributed by atoms with van der Waals surface area (Å²) in [6.45, 7) is 0. The predicted octanol–water partition coefficient (Wildman–Crippen LogP) is 14.0. The van der Waals surface area contributed by atoms with Gasteiger partial charge in [0.25, 0.3) is 0 Å². The van der Waals surface area contributed by atoms with Crippen molar-refractivity contribution in [2.75, 3.05) is 0 Å². The first-order valence-corrected chi connectivity index (χ1v) is 19.3. The van der Waals surface area contributed by atoms with E-state index >= 15 is 0 Å². The van der Waals surface area contributed by atoms with Crippen LogP contribution in [0.25, 0.3) is 114 Å². The average Bonchev–Trinajstić information content (AvgIpc) is 3.94. The molecule has 0 bridgehead atoms. The standard InChI is InChI=1S/C50H29N3OS/c1-3-13-30(14-4-1)32-23-25-33(26-24-32)45-49-46(38-20-10-12-22-42(38)55-49)52-50(51-45)53-40-21-11-9-19-37(40)43-35-17-7-8-18-36(35)44-39-29-34(31-15-5-2-6-16-31)27-28-41(39)54-48(44)47(43)53/h1-29H. The molecule has 0 radical (unpaired) electrons. The number of aromatic nitrogens is 3. The second kappa shape index (κ2) is 11.7. The van der Waals surface area contributed by atoms with Crippen molar-refractivity contribution in [3.63, 3.8) is 0 Å². The highest BCUT2D eigenvalue weighted by Gasteiger charge is 2.25. The number of hydrogen-bond acceptors (Lipinski definition) is 4. The smallest absolute Gasteiger partial charge is 0.236 e. The summed E-state index contributed by atoms with van der Waals surface area (Å²) in [5.41, 5.74) is 11.3. The van der Waals surface area contributed by atoms with Gasteiger partial charge in [-0.15, -0.1) is 11.3 Å². The van der Waals surface area contributed by atoms with Crippen molar-refractivity contribution in [2.45, 2.75) is 0 Å². The van der Waals surface area contributed by atoms with Crippen LogP contribution < -0.4 is 0 Å². The minimum atomic E-state index is 0.617. The minimum absolute atomic E-state index is 0.617. The van der Waals surface area contributed by atoms with E-state index in [0.717, 1.165) is 81.6 Å². The molecule has 5 heteroatoms. The van der Waals surface area contributed by atoms with Crippen LogP contribution >= 0.6 is 11.3 Å². The van der Waals surface area contributed by atoms with Crippen LogP contribution in [0.4, 0.5) is 0 Å². The number of benzene rings is 8. The van der Waals surface area contributed by atoms with E-state index in [2.05, 4.69) is 180 Å². The van der Waals surface area contributed by atoms with Crippen molar-refractivity contribution in [3.8, 4) is 39.5 Å². The van der Waals surface area contributed by atoms with E-state index in [1.165, 1.54) is 26.8 Å². The Bertz CT molecular complexity index is 3470. The largest absolute Gasteiger partial charge is 0.454 e. The molecule has 12 rings (SSSR count). The molecule has 0 aliphatic carbocycles. The first kappa shape index (κ1) is 30.4. The number of rotatable bonds is 4. The van der Waals surface area contributed by atoms with Gasteiger partial charge in [0.1, 0.15) is 11.1 Å². The zero-order valence-electron chi connectivity index (χ0n) is 29.4. The van der Waals surface area contributed by atoms with Crippen molar-refractivity contribution in [3.05, 3.63) is 176 Å². The summed E-state index contributed by atoms with van der Waals surface area (Å²) < 4.78 is 11.5. The molecule has 0 amide bonds. The van der Waals surface area contributed by atoms with Gasteiger partial charge in [-0.05, 0) is 57.3 Å². The van der Waals surface area contributed by atoms with Crippen molar-refractivity contribution in [1.29, 1.82) is 0 Å². The summed E-state index contributed by atoms with van der Waals surface area (Å²) >= 11 is 1.75. The molecule has 8 aromatic carbocycles. The molecule has 0 spiro atoms. The Balaban J connectivity index is 1.20. The predicted molar refractivity (Wildman–Crippen MR) is 230 cm³/mol. The van der Waals surface area contributed by atoms with Crippen LogP contribution in [0.15, 0.2) is 180 Å². The summed E-state index contributed by atoms with van der Waals surface area (Å²) in [6, 6.07) is 62.3. The van der Waals surface area contributed by atoms with Crippen molar-refractivity contribution in [1.82, 2.24) is 14.5 Å². The van der Waals surface area contributed by atoms with Gasteiger partial charge in [-0.1, -0.05) is 152 Å². The van der Waals surface area contributed by atoms with Gasteiger partial charge in [-0.25, -0.2) is 9.97 Å². The lowest BCUT2D eigenvalue weighted by Crippen LogP contribution is -2.03. The van der Waals surface area contributed by atoms with Crippen LogP contribution in [0.5, 0.6) is 0 Å². The second-order valence-electron chi connectivity index (χ2n) is 14.1. The molecule has 0 unspecified atom stereocenters. The van der Waals surface area contributed by atoms with Gasteiger partial charge in [0.05, 0.1) is 21.4 Å². The summed E-state index contributed by atoms with van der Waals surface area (Å²) in [6.07, 6.45) is 0. The monoisotopic (exact) mass is 719 g/mol. The highest BCUT2D eigenvalue weighted by atomic mass is 32.1. The molecule has 0 aliphatic heterocycles. The second-order valence-corrected chi connectivity index (χ2v) is 15.1. The van der Waals surface area contributed by atoms with E-state index in [-0.39, 0.29) is 0 Å². The lowest BCUT2D eigenvalue weighted by molar-refractivity contribution is 0.671. The van der Waals surface area contributed by atoms with Crippen LogP contribution in [0.1, 0.15) is 0 Å². The van der Waals surface area contributed by atoms with Crippen LogP contribution in [0.2, 0.25) is 0 Å². The number of para-hydroxylation sites is 1. The molecular formula is C50H29N3OS. The average molecular weight is 720 g/mol. The summed E-state index contributed by atoms with van der Waals surface area (Å²) in [7, 11) is 0. The Hall–Kier alpha value is -7.08. The summed E-state index contributed by atoms with van der Waals surface area (Å²) in [5.74, 6) is 0.617. The van der Waals surface area contributed by atoms with Gasteiger partial charge in [0.2, 0.25) is 5.95 Å². The van der Waals surface area contributed by atoms with E-state index in [1.807, 2.05) is 0 Å². The van der Waals surface area contributed by atoms with Gasteiger partial charge < -0.3 is 4.42 Å². The number of fused-ring (bicyclic) bond motifs is 13. The molecule has 0 saturated carbocycles. The highest BCUT2D eigenvalue weighted by molar-refractivity contribution is 7.26. The maximum absolute atomic E-state index is 6.99. The van der Waals surface area contributed by atoms with E-state index in [9.17, 15) is 0 Å². The Morgan fingerprint density at radius 2 is 1.04 bits per heavy atom. The van der Waals surface area contributed by atoms with E-state index < -0.39 is 0 Å². The SMILES string of the molecule is c1ccc(-c2ccc(-c3nc(-n4c5ccccc5c5c6ccccc6c6c7cc(-c8ccccc8)ccc7oc6c54)nc4c3sc3ccccc34)cc2)cc1. The molecular weight excluding hydrogens is 691 g/mol. The van der Waals surface area contributed by atoms with Gasteiger partial charge in [0, 0.05) is 37.2 Å². The Kier molecular flexibility index (Phi) is 6.47. The third-order valence-electron chi connectivity index (χ3n) is 11.0. The first-order valence-electron chi connectivity index (χ1n) is 18.5. The molecule has 12 aromatic rings. The number of nitrogens with zero attached hydrogens (tertiary/aromatic N) is 3. The Morgan fingerprint density at radius 3 is 1.80 bits per heavy atom. The topological polar surface area (TPSA) is 43.9 Å².